The van der Waals surface area contributed by atoms with Crippen LogP contribution in [-0.2, 0) is 6.54 Å². The molecule has 0 unspecified atom stereocenters. The van der Waals surface area contributed by atoms with E-state index in [1.165, 1.54) is 0 Å². The predicted molar refractivity (Wildman–Crippen MR) is 89.0 cm³/mol. The standard InChI is InChI=1S/C18H19N3O2/c19-17(22)14-7-4-8-15(11-14)20-18(23)21(16-9-10-16)12-13-5-2-1-3-6-13/h1-8,11,16H,9-10,12H2,(H2,19,22)(H,20,23). The van der Waals surface area contributed by atoms with Gasteiger partial charge in [-0.05, 0) is 36.6 Å². The quantitative estimate of drug-likeness (QED) is 0.891. The Morgan fingerprint density at radius 2 is 1.83 bits per heavy atom. The molecule has 118 valence electrons. The van der Waals surface area contributed by atoms with Gasteiger partial charge in [0.2, 0.25) is 5.91 Å². The number of nitrogens with two attached hydrogens (primary N) is 1. The number of benzene rings is 2. The second-order valence-corrected chi connectivity index (χ2v) is 5.72. The van der Waals surface area contributed by atoms with Gasteiger partial charge in [-0.25, -0.2) is 4.79 Å². The summed E-state index contributed by atoms with van der Waals surface area (Å²) in [5.74, 6) is -0.510. The zero-order valence-electron chi connectivity index (χ0n) is 12.7. The molecule has 0 spiro atoms. The second kappa shape index (κ2) is 6.52. The van der Waals surface area contributed by atoms with Gasteiger partial charge < -0.3 is 16.0 Å². The van der Waals surface area contributed by atoms with Crippen molar-refractivity contribution in [2.24, 2.45) is 5.73 Å². The van der Waals surface area contributed by atoms with Crippen LogP contribution in [0.5, 0.6) is 0 Å². The highest BCUT2D eigenvalue weighted by Crippen LogP contribution is 2.29. The molecule has 0 bridgehead atoms. The molecule has 23 heavy (non-hydrogen) atoms. The van der Waals surface area contributed by atoms with E-state index in [0.717, 1.165) is 18.4 Å². The lowest BCUT2D eigenvalue weighted by Crippen LogP contribution is -2.36. The van der Waals surface area contributed by atoms with Crippen molar-refractivity contribution in [1.29, 1.82) is 0 Å². The number of primary amides is 1. The van der Waals surface area contributed by atoms with Crippen molar-refractivity contribution in [1.82, 2.24) is 4.90 Å². The molecule has 0 aromatic heterocycles. The first-order valence-electron chi connectivity index (χ1n) is 7.65. The van der Waals surface area contributed by atoms with Crippen LogP contribution in [0.15, 0.2) is 54.6 Å². The molecule has 5 nitrogen and oxygen atoms in total. The summed E-state index contributed by atoms with van der Waals surface area (Å²) in [4.78, 5) is 25.6. The monoisotopic (exact) mass is 309 g/mol. The maximum atomic E-state index is 12.6. The molecule has 2 aromatic carbocycles. The van der Waals surface area contributed by atoms with Crippen LogP contribution in [0.3, 0.4) is 0 Å². The number of carbonyl (C=O) groups is 2. The molecule has 3 rings (SSSR count). The molecule has 1 aliphatic carbocycles. The fourth-order valence-electron chi connectivity index (χ4n) is 2.48. The van der Waals surface area contributed by atoms with E-state index in [1.54, 1.807) is 24.3 Å². The van der Waals surface area contributed by atoms with Crippen LogP contribution >= 0.6 is 0 Å². The first-order chi connectivity index (χ1) is 11.1. The van der Waals surface area contributed by atoms with Gasteiger partial charge >= 0.3 is 6.03 Å². The van der Waals surface area contributed by atoms with Gasteiger partial charge in [-0.15, -0.1) is 0 Å². The Labute approximate surface area is 135 Å². The van der Waals surface area contributed by atoms with Gasteiger partial charge in [-0.3, -0.25) is 4.79 Å². The molecule has 3 amide bonds. The third kappa shape index (κ3) is 3.88. The molecule has 1 aliphatic rings. The lowest BCUT2D eigenvalue weighted by Gasteiger charge is -2.23. The van der Waals surface area contributed by atoms with E-state index in [4.69, 9.17) is 5.73 Å². The highest BCUT2D eigenvalue weighted by Gasteiger charge is 2.32. The van der Waals surface area contributed by atoms with E-state index in [0.29, 0.717) is 17.8 Å². The largest absolute Gasteiger partial charge is 0.366 e. The van der Waals surface area contributed by atoms with Gasteiger partial charge in [-0.1, -0.05) is 36.4 Å². The van der Waals surface area contributed by atoms with Crippen LogP contribution in [0.25, 0.3) is 0 Å². The van der Waals surface area contributed by atoms with Crippen LogP contribution < -0.4 is 11.1 Å². The SMILES string of the molecule is NC(=O)c1cccc(NC(=O)N(Cc2ccccc2)C2CC2)c1. The number of urea groups is 1. The number of anilines is 1. The molecule has 5 heteroatoms. The third-order valence-electron chi connectivity index (χ3n) is 3.84. The number of hydrogen-bond acceptors (Lipinski definition) is 2. The average Bonchev–Trinajstić information content (AvgIpc) is 3.38. The molecule has 0 heterocycles. The minimum Gasteiger partial charge on any atom is -0.366 e. The Morgan fingerprint density at radius 3 is 2.48 bits per heavy atom. The highest BCUT2D eigenvalue weighted by atomic mass is 16.2. The fraction of sp³-hybridized carbons (Fsp3) is 0.222. The minimum absolute atomic E-state index is 0.155. The molecule has 3 N–H and O–H groups in total. The van der Waals surface area contributed by atoms with Gasteiger partial charge in [0.05, 0.1) is 0 Å². The normalized spacial score (nSPS) is 13.4. The minimum atomic E-state index is -0.510. The van der Waals surface area contributed by atoms with Crippen LogP contribution in [0.2, 0.25) is 0 Å². The molecular weight excluding hydrogens is 290 g/mol. The van der Waals surface area contributed by atoms with E-state index in [2.05, 4.69) is 5.32 Å². The van der Waals surface area contributed by atoms with Crippen molar-refractivity contribution in [3.8, 4) is 0 Å². The molecule has 0 radical (unpaired) electrons. The zero-order valence-corrected chi connectivity index (χ0v) is 12.7. The number of rotatable bonds is 5. The Hall–Kier alpha value is -2.82. The fourth-order valence-corrected chi connectivity index (χ4v) is 2.48. The van der Waals surface area contributed by atoms with Gasteiger partial charge in [-0.2, -0.15) is 0 Å². The van der Waals surface area contributed by atoms with Crippen molar-refractivity contribution in [2.45, 2.75) is 25.4 Å². The van der Waals surface area contributed by atoms with Crippen molar-refractivity contribution in [3.63, 3.8) is 0 Å². The topological polar surface area (TPSA) is 75.4 Å². The molecule has 0 aliphatic heterocycles. The highest BCUT2D eigenvalue weighted by molar-refractivity contribution is 5.96. The summed E-state index contributed by atoms with van der Waals surface area (Å²) >= 11 is 0. The zero-order chi connectivity index (χ0) is 16.2. The van der Waals surface area contributed by atoms with Crippen LogP contribution in [0.4, 0.5) is 10.5 Å². The van der Waals surface area contributed by atoms with E-state index in [1.807, 2.05) is 35.2 Å². The lowest BCUT2D eigenvalue weighted by molar-refractivity contribution is 0.1000. The second-order valence-electron chi connectivity index (χ2n) is 5.72. The van der Waals surface area contributed by atoms with E-state index in [9.17, 15) is 9.59 Å². The molecular formula is C18H19N3O2. The Morgan fingerprint density at radius 1 is 1.09 bits per heavy atom. The van der Waals surface area contributed by atoms with E-state index in [-0.39, 0.29) is 12.1 Å². The summed E-state index contributed by atoms with van der Waals surface area (Å²) in [7, 11) is 0. The van der Waals surface area contributed by atoms with Crippen LogP contribution in [-0.4, -0.2) is 22.9 Å². The Balaban J connectivity index is 1.72. The molecule has 0 saturated heterocycles. The summed E-state index contributed by atoms with van der Waals surface area (Å²) in [5.41, 5.74) is 7.32. The number of nitrogens with one attached hydrogen (secondary N) is 1. The van der Waals surface area contributed by atoms with Gasteiger partial charge in [0.15, 0.2) is 0 Å². The molecule has 1 fully saturated rings. The first kappa shape index (κ1) is 15.1. The number of carbonyl (C=O) groups excluding carboxylic acids is 2. The molecule has 0 atom stereocenters. The number of nitrogens with zero attached hydrogens (tertiary/aromatic N) is 1. The van der Waals surface area contributed by atoms with Crippen molar-refractivity contribution in [3.05, 3.63) is 65.7 Å². The molecule has 1 saturated carbocycles. The van der Waals surface area contributed by atoms with E-state index < -0.39 is 5.91 Å². The number of hydrogen-bond donors (Lipinski definition) is 2. The average molecular weight is 309 g/mol. The molecule has 2 aromatic rings. The van der Waals surface area contributed by atoms with Crippen molar-refractivity contribution < 1.29 is 9.59 Å². The maximum Gasteiger partial charge on any atom is 0.322 e. The summed E-state index contributed by atoms with van der Waals surface area (Å²) in [6, 6.07) is 16.7. The Kier molecular flexibility index (Phi) is 4.28. The van der Waals surface area contributed by atoms with Crippen molar-refractivity contribution in [2.75, 3.05) is 5.32 Å². The number of amides is 3. The summed E-state index contributed by atoms with van der Waals surface area (Å²) in [5, 5.41) is 2.86. The summed E-state index contributed by atoms with van der Waals surface area (Å²) < 4.78 is 0. The van der Waals surface area contributed by atoms with Gasteiger partial charge in [0, 0.05) is 23.8 Å². The smallest absolute Gasteiger partial charge is 0.322 e. The summed E-state index contributed by atoms with van der Waals surface area (Å²) in [6.45, 7) is 0.576. The first-order valence-corrected chi connectivity index (χ1v) is 7.65. The third-order valence-corrected chi connectivity index (χ3v) is 3.84. The van der Waals surface area contributed by atoms with Crippen LogP contribution in [0.1, 0.15) is 28.8 Å². The summed E-state index contributed by atoms with van der Waals surface area (Å²) in [6.07, 6.45) is 2.06. The van der Waals surface area contributed by atoms with Crippen molar-refractivity contribution >= 4 is 17.6 Å². The van der Waals surface area contributed by atoms with Crippen LogP contribution in [0, 0.1) is 0 Å². The van der Waals surface area contributed by atoms with E-state index >= 15 is 0 Å². The van der Waals surface area contributed by atoms with Gasteiger partial charge in [0.1, 0.15) is 0 Å². The Bertz CT molecular complexity index is 711. The lowest BCUT2D eigenvalue weighted by atomic mass is 10.2. The maximum absolute atomic E-state index is 12.6. The predicted octanol–water partition coefficient (Wildman–Crippen LogP) is 2.98. The van der Waals surface area contributed by atoms with Gasteiger partial charge in [0.25, 0.3) is 0 Å².